The lowest BCUT2D eigenvalue weighted by Gasteiger charge is -2.08. The Labute approximate surface area is 109 Å². The van der Waals surface area contributed by atoms with Crippen LogP contribution in [0.2, 0.25) is 5.15 Å². The van der Waals surface area contributed by atoms with E-state index in [1.165, 1.54) is 6.20 Å². The van der Waals surface area contributed by atoms with Gasteiger partial charge in [-0.2, -0.15) is 5.10 Å². The predicted molar refractivity (Wildman–Crippen MR) is 68.9 cm³/mol. The van der Waals surface area contributed by atoms with Gasteiger partial charge >= 0.3 is 5.97 Å². The minimum atomic E-state index is -1.11. The first-order chi connectivity index (χ1) is 8.50. The van der Waals surface area contributed by atoms with Gasteiger partial charge < -0.3 is 5.11 Å². The van der Waals surface area contributed by atoms with Gasteiger partial charge in [0.15, 0.2) is 5.15 Å². The van der Waals surface area contributed by atoms with Crippen molar-refractivity contribution in [2.24, 2.45) is 0 Å². The van der Waals surface area contributed by atoms with Crippen LogP contribution in [0.25, 0.3) is 11.1 Å². The molecule has 1 N–H and O–H groups in total. The van der Waals surface area contributed by atoms with E-state index in [0.717, 1.165) is 16.7 Å². The lowest BCUT2D eigenvalue weighted by molar-refractivity contribution is 0.0697. The lowest BCUT2D eigenvalue weighted by atomic mass is 9.99. The maximum atomic E-state index is 11.2. The summed E-state index contributed by atoms with van der Waals surface area (Å²) in [6.45, 7) is 3.96. The van der Waals surface area contributed by atoms with E-state index < -0.39 is 5.97 Å². The highest BCUT2D eigenvalue weighted by Gasteiger charge is 2.17. The number of hydrogen-bond donors (Lipinski definition) is 1. The van der Waals surface area contributed by atoms with E-state index in [0.29, 0.717) is 5.56 Å². The van der Waals surface area contributed by atoms with Gasteiger partial charge in [0.2, 0.25) is 0 Å². The highest BCUT2D eigenvalue weighted by atomic mass is 35.5. The van der Waals surface area contributed by atoms with Gasteiger partial charge in [0.25, 0.3) is 0 Å². The quantitative estimate of drug-likeness (QED) is 0.903. The summed E-state index contributed by atoms with van der Waals surface area (Å²) in [5.74, 6) is -1.11. The van der Waals surface area contributed by atoms with Crippen LogP contribution in [0.15, 0.2) is 24.4 Å². The second kappa shape index (κ2) is 4.74. The molecular formula is C13H11ClN2O2. The van der Waals surface area contributed by atoms with Crippen LogP contribution >= 0.6 is 11.6 Å². The molecule has 18 heavy (non-hydrogen) atoms. The molecule has 1 heterocycles. The Morgan fingerprint density at radius 1 is 1.28 bits per heavy atom. The fraction of sp³-hybridized carbons (Fsp3) is 0.154. The van der Waals surface area contributed by atoms with E-state index in [4.69, 9.17) is 11.6 Å². The summed E-state index contributed by atoms with van der Waals surface area (Å²) in [6.07, 6.45) is 1.42. The Balaban J connectivity index is 2.67. The van der Waals surface area contributed by atoms with Crippen LogP contribution in [-0.2, 0) is 0 Å². The molecule has 0 unspecified atom stereocenters. The summed E-state index contributed by atoms with van der Waals surface area (Å²) in [5.41, 5.74) is 3.45. The monoisotopic (exact) mass is 262 g/mol. The first kappa shape index (κ1) is 12.5. The molecule has 4 nitrogen and oxygen atoms in total. The number of carboxylic acid groups (broad SMARTS) is 1. The average molecular weight is 263 g/mol. The minimum absolute atomic E-state index is 0.0186. The number of benzene rings is 1. The van der Waals surface area contributed by atoms with Crippen molar-refractivity contribution in [3.63, 3.8) is 0 Å². The van der Waals surface area contributed by atoms with Crippen molar-refractivity contribution >= 4 is 17.6 Å². The standard InChI is InChI=1S/C13H11ClN2O2/c1-7-3-4-9(5-8(7)2)10-6-15-16-12(14)11(10)13(17)18/h3-6H,1-2H3,(H,17,18). The van der Waals surface area contributed by atoms with E-state index in [1.54, 1.807) is 0 Å². The van der Waals surface area contributed by atoms with E-state index >= 15 is 0 Å². The molecule has 92 valence electrons. The number of nitrogens with zero attached hydrogens (tertiary/aromatic N) is 2. The molecule has 0 radical (unpaired) electrons. The van der Waals surface area contributed by atoms with Crippen molar-refractivity contribution in [1.29, 1.82) is 0 Å². The molecular weight excluding hydrogens is 252 g/mol. The molecule has 0 saturated carbocycles. The Morgan fingerprint density at radius 2 is 2.00 bits per heavy atom. The van der Waals surface area contributed by atoms with E-state index in [1.807, 2.05) is 32.0 Å². The predicted octanol–water partition coefficient (Wildman–Crippen LogP) is 3.11. The first-order valence-corrected chi connectivity index (χ1v) is 5.70. The Hall–Kier alpha value is -1.94. The SMILES string of the molecule is Cc1ccc(-c2cnnc(Cl)c2C(=O)O)cc1C. The summed E-state index contributed by atoms with van der Waals surface area (Å²) in [4.78, 5) is 11.2. The normalized spacial score (nSPS) is 10.4. The largest absolute Gasteiger partial charge is 0.478 e. The van der Waals surface area contributed by atoms with Gasteiger partial charge in [0.05, 0.1) is 6.20 Å². The number of carbonyl (C=O) groups is 1. The highest BCUT2D eigenvalue weighted by molar-refractivity contribution is 6.33. The van der Waals surface area contributed by atoms with Crippen LogP contribution in [0, 0.1) is 13.8 Å². The van der Waals surface area contributed by atoms with Crippen LogP contribution in [0.3, 0.4) is 0 Å². The minimum Gasteiger partial charge on any atom is -0.478 e. The zero-order valence-electron chi connectivity index (χ0n) is 9.94. The van der Waals surface area contributed by atoms with Crippen molar-refractivity contribution in [2.75, 3.05) is 0 Å². The smallest absolute Gasteiger partial charge is 0.339 e. The second-order valence-electron chi connectivity index (χ2n) is 4.03. The molecule has 0 aliphatic carbocycles. The van der Waals surface area contributed by atoms with Gasteiger partial charge in [-0.1, -0.05) is 29.8 Å². The topological polar surface area (TPSA) is 63.1 Å². The number of aromatic nitrogens is 2. The molecule has 0 amide bonds. The average Bonchev–Trinajstić information content (AvgIpc) is 2.32. The third kappa shape index (κ3) is 2.19. The fourth-order valence-electron chi connectivity index (χ4n) is 1.69. The van der Waals surface area contributed by atoms with Crippen LogP contribution in [0.4, 0.5) is 0 Å². The Bertz CT molecular complexity index is 626. The lowest BCUT2D eigenvalue weighted by Crippen LogP contribution is -2.04. The Morgan fingerprint density at radius 3 is 2.61 bits per heavy atom. The molecule has 1 aromatic heterocycles. The summed E-state index contributed by atoms with van der Waals surface area (Å²) in [7, 11) is 0. The van der Waals surface area contributed by atoms with Crippen molar-refractivity contribution in [3.8, 4) is 11.1 Å². The zero-order valence-corrected chi connectivity index (χ0v) is 10.7. The van der Waals surface area contributed by atoms with Crippen LogP contribution < -0.4 is 0 Å². The van der Waals surface area contributed by atoms with Gasteiger partial charge in [-0.05, 0) is 30.5 Å². The summed E-state index contributed by atoms with van der Waals surface area (Å²) in [6, 6.07) is 5.70. The molecule has 2 aromatic rings. The van der Waals surface area contributed by atoms with Crippen molar-refractivity contribution < 1.29 is 9.90 Å². The second-order valence-corrected chi connectivity index (χ2v) is 4.39. The zero-order chi connectivity index (χ0) is 13.3. The molecule has 0 atom stereocenters. The van der Waals surface area contributed by atoms with E-state index in [-0.39, 0.29) is 10.7 Å². The molecule has 0 aliphatic heterocycles. The number of aryl methyl sites for hydroxylation is 2. The van der Waals surface area contributed by atoms with Gasteiger partial charge in [-0.3, -0.25) is 0 Å². The Kier molecular flexibility index (Phi) is 3.30. The molecule has 1 aromatic carbocycles. The highest BCUT2D eigenvalue weighted by Crippen LogP contribution is 2.28. The number of hydrogen-bond acceptors (Lipinski definition) is 3. The first-order valence-electron chi connectivity index (χ1n) is 5.33. The molecule has 2 rings (SSSR count). The third-order valence-corrected chi connectivity index (χ3v) is 3.10. The van der Waals surface area contributed by atoms with Crippen molar-refractivity contribution in [1.82, 2.24) is 10.2 Å². The molecule has 5 heteroatoms. The molecule has 0 fully saturated rings. The van der Waals surface area contributed by atoms with Crippen molar-refractivity contribution in [3.05, 3.63) is 46.2 Å². The van der Waals surface area contributed by atoms with Gasteiger partial charge in [0, 0.05) is 5.56 Å². The van der Waals surface area contributed by atoms with Crippen LogP contribution in [0.1, 0.15) is 21.5 Å². The molecule has 0 saturated heterocycles. The molecule has 0 spiro atoms. The summed E-state index contributed by atoms with van der Waals surface area (Å²) >= 11 is 5.79. The maximum Gasteiger partial charge on any atom is 0.339 e. The maximum absolute atomic E-state index is 11.2. The summed E-state index contributed by atoms with van der Waals surface area (Å²) < 4.78 is 0. The van der Waals surface area contributed by atoms with Gasteiger partial charge in [-0.15, -0.1) is 5.10 Å². The fourth-order valence-corrected chi connectivity index (χ4v) is 1.92. The van der Waals surface area contributed by atoms with Crippen molar-refractivity contribution in [2.45, 2.75) is 13.8 Å². The van der Waals surface area contributed by atoms with Crippen LogP contribution in [-0.4, -0.2) is 21.3 Å². The molecule has 0 bridgehead atoms. The number of rotatable bonds is 2. The number of halogens is 1. The third-order valence-electron chi connectivity index (χ3n) is 2.84. The van der Waals surface area contributed by atoms with Gasteiger partial charge in [-0.25, -0.2) is 4.79 Å². The number of aromatic carboxylic acids is 1. The van der Waals surface area contributed by atoms with Gasteiger partial charge in [0.1, 0.15) is 5.56 Å². The summed E-state index contributed by atoms with van der Waals surface area (Å²) in [5, 5.41) is 16.4. The van der Waals surface area contributed by atoms with E-state index in [9.17, 15) is 9.90 Å². The number of carboxylic acids is 1. The van der Waals surface area contributed by atoms with E-state index in [2.05, 4.69) is 10.2 Å². The molecule has 0 aliphatic rings. The van der Waals surface area contributed by atoms with Crippen LogP contribution in [0.5, 0.6) is 0 Å².